The molecular formula is C19H21F6N5O4S. The summed E-state index contributed by atoms with van der Waals surface area (Å²) in [5, 5.41) is 2.60. The summed E-state index contributed by atoms with van der Waals surface area (Å²) in [6, 6.07) is -2.55. The van der Waals surface area contributed by atoms with Gasteiger partial charge in [0.25, 0.3) is 5.56 Å². The molecule has 0 radical (unpaired) electrons. The molecule has 16 heteroatoms. The molecule has 1 atom stereocenters. The number of halogens is 6. The standard InChI is InChI=1S/C19H21F6N5O4S/c1-9-11(8-28-7-5-26-15(28)27-16(32)34-3)35-14-12(9)13(31)30(10(2)19(23,24)25)17(33)29(14)6-4-18(20,21)22/h10H,4-8H2,1-3H3,(H,26,27,32). The van der Waals surface area contributed by atoms with Crippen LogP contribution >= 0.6 is 11.3 Å². The normalized spacial score (nSPS) is 16.7. The molecule has 2 aromatic rings. The van der Waals surface area contributed by atoms with Gasteiger partial charge in [-0.15, -0.1) is 16.3 Å². The minimum Gasteiger partial charge on any atom is -0.451 e. The number of carbonyl (C=O) groups excluding carboxylic acids is 1. The molecule has 35 heavy (non-hydrogen) atoms. The van der Waals surface area contributed by atoms with Crippen molar-refractivity contribution in [2.24, 2.45) is 4.99 Å². The van der Waals surface area contributed by atoms with Gasteiger partial charge in [0.05, 0.1) is 25.5 Å². The molecule has 1 N–H and O–H groups in total. The van der Waals surface area contributed by atoms with Crippen LogP contribution in [0.25, 0.3) is 10.2 Å². The van der Waals surface area contributed by atoms with Gasteiger partial charge >= 0.3 is 24.1 Å². The first-order valence-electron chi connectivity index (χ1n) is 10.2. The second kappa shape index (κ2) is 9.54. The number of fused-ring (bicyclic) bond motifs is 1. The number of methoxy groups -OCH3 is 1. The molecule has 1 aliphatic heterocycles. The maximum absolute atomic E-state index is 13.4. The topological polar surface area (TPSA) is 97.9 Å². The Bertz CT molecular complexity index is 1280. The summed E-state index contributed by atoms with van der Waals surface area (Å²) in [4.78, 5) is 43.0. The van der Waals surface area contributed by atoms with E-state index >= 15 is 0 Å². The maximum Gasteiger partial charge on any atom is 0.436 e. The number of aromatic nitrogens is 2. The number of aryl methyl sites for hydroxylation is 2. The van der Waals surface area contributed by atoms with Crippen LogP contribution in [0.15, 0.2) is 14.6 Å². The molecule has 2 aromatic heterocycles. The van der Waals surface area contributed by atoms with Crippen molar-refractivity contribution in [1.82, 2.24) is 19.4 Å². The summed E-state index contributed by atoms with van der Waals surface area (Å²) in [7, 11) is 1.13. The third-order valence-electron chi connectivity index (χ3n) is 5.49. The summed E-state index contributed by atoms with van der Waals surface area (Å²) in [5.41, 5.74) is -2.48. The lowest BCUT2D eigenvalue weighted by Gasteiger charge is -2.20. The van der Waals surface area contributed by atoms with Gasteiger partial charge in [-0.3, -0.25) is 9.36 Å². The highest BCUT2D eigenvalue weighted by Crippen LogP contribution is 2.33. The molecule has 9 nitrogen and oxygen atoms in total. The van der Waals surface area contributed by atoms with Crippen LogP contribution in [0.1, 0.15) is 29.8 Å². The van der Waals surface area contributed by atoms with E-state index in [0.717, 1.165) is 18.4 Å². The van der Waals surface area contributed by atoms with Gasteiger partial charge in [-0.05, 0) is 19.4 Å². The molecule has 0 aromatic carbocycles. The summed E-state index contributed by atoms with van der Waals surface area (Å²) in [6.07, 6.45) is -12.0. The molecule has 0 saturated carbocycles. The molecule has 194 valence electrons. The van der Waals surface area contributed by atoms with Crippen molar-refractivity contribution in [3.05, 3.63) is 31.3 Å². The summed E-state index contributed by atoms with van der Waals surface area (Å²) in [6.45, 7) is 1.90. The average Bonchev–Trinajstić information content (AvgIpc) is 3.30. The van der Waals surface area contributed by atoms with Gasteiger partial charge in [0.15, 0.2) is 0 Å². The fourth-order valence-corrected chi connectivity index (χ4v) is 4.91. The molecule has 1 unspecified atom stereocenters. The molecule has 0 aliphatic carbocycles. The Hall–Kier alpha value is -3.04. The van der Waals surface area contributed by atoms with Crippen LogP contribution in [0, 0.1) is 6.92 Å². The van der Waals surface area contributed by atoms with E-state index in [0.29, 0.717) is 29.5 Å². The lowest BCUT2D eigenvalue weighted by molar-refractivity contribution is -0.164. The fourth-order valence-electron chi connectivity index (χ4n) is 3.57. The van der Waals surface area contributed by atoms with E-state index in [4.69, 9.17) is 0 Å². The number of aliphatic imine (C=N–C) groups is 1. The fraction of sp³-hybridized carbons (Fsp3) is 0.579. The summed E-state index contributed by atoms with van der Waals surface area (Å²) in [5.74, 6) is 0.159. The number of rotatable bonds is 5. The van der Waals surface area contributed by atoms with Crippen LogP contribution in [0.2, 0.25) is 0 Å². The van der Waals surface area contributed by atoms with Gasteiger partial charge in [0.1, 0.15) is 10.9 Å². The highest BCUT2D eigenvalue weighted by Gasteiger charge is 2.40. The van der Waals surface area contributed by atoms with Gasteiger partial charge < -0.3 is 15.0 Å². The Morgan fingerprint density at radius 3 is 2.46 bits per heavy atom. The van der Waals surface area contributed by atoms with Crippen LogP contribution in [0.5, 0.6) is 0 Å². The molecule has 0 bridgehead atoms. The van der Waals surface area contributed by atoms with Crippen LogP contribution < -0.4 is 16.6 Å². The van der Waals surface area contributed by atoms with Crippen molar-refractivity contribution in [3.63, 3.8) is 0 Å². The van der Waals surface area contributed by atoms with E-state index in [-0.39, 0.29) is 32.9 Å². The third kappa shape index (κ3) is 5.46. The molecule has 3 rings (SSSR count). The zero-order chi connectivity index (χ0) is 26.3. The Morgan fingerprint density at radius 1 is 1.23 bits per heavy atom. The average molecular weight is 529 g/mol. The molecule has 1 amide bonds. The van der Waals surface area contributed by atoms with Gasteiger partial charge in [0.2, 0.25) is 5.96 Å². The molecule has 1 aliphatic rings. The van der Waals surface area contributed by atoms with Gasteiger partial charge in [-0.1, -0.05) is 0 Å². The number of ether oxygens (including phenoxy) is 1. The van der Waals surface area contributed by atoms with Gasteiger partial charge in [-0.25, -0.2) is 14.2 Å². The predicted octanol–water partition coefficient (Wildman–Crippen LogP) is 3.14. The molecule has 1 saturated heterocycles. The van der Waals surface area contributed by atoms with E-state index < -0.39 is 48.7 Å². The first kappa shape index (κ1) is 26.6. The first-order valence-corrected chi connectivity index (χ1v) is 11.0. The van der Waals surface area contributed by atoms with Crippen LogP contribution in [-0.2, 0) is 17.8 Å². The zero-order valence-corrected chi connectivity index (χ0v) is 19.5. The number of amides is 1. The number of nitrogens with zero attached hydrogens (tertiary/aromatic N) is 4. The maximum atomic E-state index is 13.4. The van der Waals surface area contributed by atoms with E-state index in [1.807, 2.05) is 0 Å². The monoisotopic (exact) mass is 529 g/mol. The van der Waals surface area contributed by atoms with Crippen LogP contribution in [0.3, 0.4) is 0 Å². The van der Waals surface area contributed by atoms with E-state index in [1.165, 1.54) is 6.92 Å². The minimum absolute atomic E-state index is 0.0374. The largest absolute Gasteiger partial charge is 0.451 e. The second-order valence-corrected chi connectivity index (χ2v) is 8.86. The van der Waals surface area contributed by atoms with Crippen molar-refractivity contribution in [1.29, 1.82) is 0 Å². The zero-order valence-electron chi connectivity index (χ0n) is 18.7. The van der Waals surface area contributed by atoms with Crippen molar-refractivity contribution in [2.75, 3.05) is 20.2 Å². The smallest absolute Gasteiger partial charge is 0.436 e. The van der Waals surface area contributed by atoms with Crippen molar-refractivity contribution in [2.45, 2.75) is 51.8 Å². The van der Waals surface area contributed by atoms with E-state index in [1.54, 1.807) is 4.90 Å². The number of nitrogens with one attached hydrogen (secondary N) is 1. The van der Waals surface area contributed by atoms with Crippen molar-refractivity contribution < 1.29 is 35.9 Å². The number of carbonyl (C=O) groups is 1. The van der Waals surface area contributed by atoms with E-state index in [9.17, 15) is 40.7 Å². The van der Waals surface area contributed by atoms with E-state index in [2.05, 4.69) is 15.0 Å². The SMILES string of the molecule is COC(=O)/N=C1\NCCN1Cc1sc2c(c1C)c(=O)n(C(C)C(F)(F)F)c(=O)n2CCC(F)(F)F. The second-order valence-electron chi connectivity index (χ2n) is 7.78. The number of guanidine groups is 1. The third-order valence-corrected chi connectivity index (χ3v) is 6.79. The van der Waals surface area contributed by atoms with Crippen LogP contribution in [-0.4, -0.2) is 58.6 Å². The Kier molecular flexibility index (Phi) is 7.24. The van der Waals surface area contributed by atoms with Gasteiger partial charge in [-0.2, -0.15) is 26.3 Å². The first-order chi connectivity index (χ1) is 16.2. The lowest BCUT2D eigenvalue weighted by Crippen LogP contribution is -2.45. The summed E-state index contributed by atoms with van der Waals surface area (Å²) >= 11 is 0.831. The Morgan fingerprint density at radius 2 is 1.89 bits per heavy atom. The summed E-state index contributed by atoms with van der Waals surface area (Å²) < 4.78 is 83.9. The van der Waals surface area contributed by atoms with Crippen molar-refractivity contribution in [3.8, 4) is 0 Å². The molecule has 1 fully saturated rings. The quantitative estimate of drug-likeness (QED) is 0.598. The molecule has 3 heterocycles. The minimum atomic E-state index is -4.98. The molecular weight excluding hydrogens is 508 g/mol. The predicted molar refractivity (Wildman–Crippen MR) is 115 cm³/mol. The molecule has 0 spiro atoms. The number of thiophene rings is 1. The van der Waals surface area contributed by atoms with Crippen molar-refractivity contribution >= 4 is 33.6 Å². The Balaban J connectivity index is 2.19. The van der Waals surface area contributed by atoms with Crippen LogP contribution in [0.4, 0.5) is 31.1 Å². The lowest BCUT2D eigenvalue weighted by atomic mass is 10.2. The Labute approximate surface area is 197 Å². The number of alkyl halides is 6. The van der Waals surface area contributed by atoms with Gasteiger partial charge in [0, 0.05) is 24.5 Å². The highest BCUT2D eigenvalue weighted by molar-refractivity contribution is 7.18. The highest BCUT2D eigenvalue weighted by atomic mass is 32.1. The number of hydrogen-bond acceptors (Lipinski definition) is 5. The number of hydrogen-bond donors (Lipinski definition) is 1.